The van der Waals surface area contributed by atoms with Gasteiger partial charge in [-0.25, -0.2) is 4.79 Å². The summed E-state index contributed by atoms with van der Waals surface area (Å²) in [6.45, 7) is 12.9. The van der Waals surface area contributed by atoms with Crippen LogP contribution in [0, 0.1) is 52.3 Å². The quantitative estimate of drug-likeness (QED) is 0.0869. The normalized spacial score (nSPS) is 33.3. The van der Waals surface area contributed by atoms with E-state index in [-0.39, 0.29) is 0 Å². The number of carbonyl (C=O) groups excluding carboxylic acids is 1. The Morgan fingerprint density at radius 1 is 0.667 bits per heavy atom. The molecule has 4 aliphatic carbocycles. The van der Waals surface area contributed by atoms with Gasteiger partial charge in [-0.2, -0.15) is 0 Å². The van der Waals surface area contributed by atoms with Gasteiger partial charge in [-0.3, -0.25) is 0 Å². The highest BCUT2D eigenvalue weighted by molar-refractivity contribution is 5.74. The van der Waals surface area contributed by atoms with Crippen LogP contribution in [-0.2, 0) is 9.53 Å². The van der Waals surface area contributed by atoms with Gasteiger partial charge in [-0.1, -0.05) is 150 Å². The van der Waals surface area contributed by atoms with E-state index in [1.807, 2.05) is 0 Å². The number of rotatable bonds is 23. The second kappa shape index (κ2) is 20.5. The number of aliphatic hydroxyl groups excluding tert-OH is 1. The molecule has 4 aliphatic rings. The van der Waals surface area contributed by atoms with Crippen molar-refractivity contribution in [2.75, 3.05) is 6.61 Å². The maximum absolute atomic E-state index is 12.5. The lowest BCUT2D eigenvalue weighted by atomic mass is 9.44. The topological polar surface area (TPSA) is 46.5 Å². The Balaban J connectivity index is 1.02. The van der Waals surface area contributed by atoms with Crippen molar-refractivity contribution >= 4 is 5.97 Å². The van der Waals surface area contributed by atoms with Crippen LogP contribution in [0.2, 0.25) is 0 Å². The minimum atomic E-state index is -0.948. The lowest BCUT2D eigenvalue weighted by Gasteiger charge is -2.61. The highest BCUT2D eigenvalue weighted by Crippen LogP contribution is 2.68. The summed E-state index contributed by atoms with van der Waals surface area (Å²) in [5, 5.41) is 10.4. The molecule has 0 spiro atoms. The summed E-state index contributed by atoms with van der Waals surface area (Å²) >= 11 is 0. The number of fused-ring (bicyclic) bond motifs is 5. The highest BCUT2D eigenvalue weighted by atomic mass is 16.5. The molecule has 1 N–H and O–H groups in total. The van der Waals surface area contributed by atoms with Gasteiger partial charge in [0.1, 0.15) is 0 Å². The van der Waals surface area contributed by atoms with Gasteiger partial charge >= 0.3 is 5.97 Å². The van der Waals surface area contributed by atoms with Crippen LogP contribution in [0.25, 0.3) is 0 Å². The standard InChI is InChI=1S/C45H82O3/c1-6-7-8-9-10-11-12-13-14-15-16-17-18-19-26-42(46)43(47)48-34-35(2)23-22-24-36(3)39-29-30-40-38-28-27-37-25-20-21-32-44(37,4)41(38)31-33-45(39,40)5/h35-42,46H,6-34H2,1-5H3/t35?,36-,37?,38+,39-,40+,41+,42?,44+,45-/m1/s1. The van der Waals surface area contributed by atoms with Crippen LogP contribution >= 0.6 is 0 Å². The molecular formula is C45H82O3. The summed E-state index contributed by atoms with van der Waals surface area (Å²) < 4.78 is 5.59. The van der Waals surface area contributed by atoms with Gasteiger partial charge in [0.15, 0.2) is 6.10 Å². The smallest absolute Gasteiger partial charge is 0.334 e. The van der Waals surface area contributed by atoms with Crippen molar-refractivity contribution in [3.8, 4) is 0 Å². The molecule has 0 saturated heterocycles. The molecule has 3 heteroatoms. The first-order chi connectivity index (χ1) is 23.2. The minimum Gasteiger partial charge on any atom is -0.463 e. The molecule has 48 heavy (non-hydrogen) atoms. The van der Waals surface area contributed by atoms with Crippen molar-refractivity contribution in [1.29, 1.82) is 0 Å². The summed E-state index contributed by atoms with van der Waals surface area (Å²) in [6.07, 6.45) is 36.6. The van der Waals surface area contributed by atoms with Crippen molar-refractivity contribution in [3.63, 3.8) is 0 Å². The van der Waals surface area contributed by atoms with E-state index in [1.165, 1.54) is 154 Å². The average Bonchev–Trinajstić information content (AvgIpc) is 3.44. The third-order valence-electron chi connectivity index (χ3n) is 15.3. The van der Waals surface area contributed by atoms with Crippen LogP contribution in [-0.4, -0.2) is 23.8 Å². The fourth-order valence-corrected chi connectivity index (χ4v) is 12.3. The van der Waals surface area contributed by atoms with E-state index in [2.05, 4.69) is 34.6 Å². The van der Waals surface area contributed by atoms with Gasteiger partial charge in [-0.05, 0) is 116 Å². The molecule has 280 valence electrons. The number of aliphatic hydroxyl groups is 1. The van der Waals surface area contributed by atoms with Crippen LogP contribution in [0.4, 0.5) is 0 Å². The SMILES string of the molecule is CCCCCCCCCCCCCCCCC(O)C(=O)OCC(C)CCC[C@@H](C)[C@H]1CC[C@H]2[C@@H]3CCC4CCCC[C@]4(C)[C@H]3CC[C@]12C. The fraction of sp³-hybridized carbons (Fsp3) is 0.978. The number of hydrogen-bond donors (Lipinski definition) is 1. The van der Waals surface area contributed by atoms with Crippen LogP contribution in [0.3, 0.4) is 0 Å². The van der Waals surface area contributed by atoms with E-state index < -0.39 is 12.1 Å². The van der Waals surface area contributed by atoms with E-state index in [0.717, 1.165) is 54.8 Å². The molecule has 3 nitrogen and oxygen atoms in total. The Morgan fingerprint density at radius 2 is 1.29 bits per heavy atom. The molecule has 0 heterocycles. The minimum absolute atomic E-state index is 0.364. The average molecular weight is 671 g/mol. The zero-order chi connectivity index (χ0) is 34.4. The Morgan fingerprint density at radius 3 is 1.96 bits per heavy atom. The van der Waals surface area contributed by atoms with Crippen molar-refractivity contribution < 1.29 is 14.6 Å². The number of ether oxygens (including phenoxy) is 1. The van der Waals surface area contributed by atoms with Crippen LogP contribution in [0.15, 0.2) is 0 Å². The molecule has 0 aliphatic heterocycles. The van der Waals surface area contributed by atoms with Crippen LogP contribution in [0.5, 0.6) is 0 Å². The van der Waals surface area contributed by atoms with Crippen molar-refractivity contribution in [2.45, 2.75) is 221 Å². The number of esters is 1. The van der Waals surface area contributed by atoms with Crippen molar-refractivity contribution in [3.05, 3.63) is 0 Å². The Bertz CT molecular complexity index is 901. The third kappa shape index (κ3) is 11.0. The van der Waals surface area contributed by atoms with E-state index in [1.54, 1.807) is 0 Å². The van der Waals surface area contributed by atoms with Gasteiger partial charge in [0.25, 0.3) is 0 Å². The predicted molar refractivity (Wildman–Crippen MR) is 204 cm³/mol. The summed E-state index contributed by atoms with van der Waals surface area (Å²) in [6, 6.07) is 0. The molecule has 3 unspecified atom stereocenters. The Hall–Kier alpha value is -0.570. The Labute approximate surface area is 299 Å². The van der Waals surface area contributed by atoms with Gasteiger partial charge in [0.05, 0.1) is 6.61 Å². The van der Waals surface area contributed by atoms with Crippen LogP contribution in [0.1, 0.15) is 214 Å². The zero-order valence-corrected chi connectivity index (χ0v) is 32.9. The first-order valence-electron chi connectivity index (χ1n) is 22.0. The summed E-state index contributed by atoms with van der Waals surface area (Å²) in [5.41, 5.74) is 1.20. The highest BCUT2D eigenvalue weighted by Gasteiger charge is 2.60. The largest absolute Gasteiger partial charge is 0.463 e. The van der Waals surface area contributed by atoms with Gasteiger partial charge in [0.2, 0.25) is 0 Å². The van der Waals surface area contributed by atoms with E-state index in [0.29, 0.717) is 29.8 Å². The number of unbranched alkanes of at least 4 members (excludes halogenated alkanes) is 13. The summed E-state index contributed by atoms with van der Waals surface area (Å²) in [5.74, 6) is 5.64. The molecule has 4 saturated carbocycles. The maximum atomic E-state index is 12.5. The van der Waals surface area contributed by atoms with Crippen molar-refractivity contribution in [2.24, 2.45) is 52.3 Å². The Kier molecular flexibility index (Phi) is 17.1. The van der Waals surface area contributed by atoms with E-state index in [4.69, 9.17) is 4.74 Å². The van der Waals surface area contributed by atoms with Crippen LogP contribution < -0.4 is 0 Å². The molecular weight excluding hydrogens is 588 g/mol. The molecule has 10 atom stereocenters. The lowest BCUT2D eigenvalue weighted by molar-refractivity contribution is -0.155. The van der Waals surface area contributed by atoms with E-state index >= 15 is 0 Å². The van der Waals surface area contributed by atoms with Gasteiger partial charge < -0.3 is 9.84 Å². The molecule has 0 amide bonds. The first-order valence-corrected chi connectivity index (χ1v) is 22.0. The second-order valence-electron chi connectivity index (χ2n) is 18.7. The molecule has 4 fully saturated rings. The van der Waals surface area contributed by atoms with Crippen molar-refractivity contribution in [1.82, 2.24) is 0 Å². The summed E-state index contributed by atoms with van der Waals surface area (Å²) in [7, 11) is 0. The first kappa shape index (κ1) is 40.2. The third-order valence-corrected chi connectivity index (χ3v) is 15.3. The van der Waals surface area contributed by atoms with E-state index in [9.17, 15) is 9.90 Å². The number of hydrogen-bond acceptors (Lipinski definition) is 3. The molecule has 0 aromatic carbocycles. The molecule has 0 bridgehead atoms. The molecule has 0 radical (unpaired) electrons. The molecule has 4 rings (SSSR count). The van der Waals surface area contributed by atoms with Gasteiger partial charge in [0, 0.05) is 0 Å². The predicted octanol–water partition coefficient (Wildman–Crippen LogP) is 13.3. The molecule has 0 aromatic heterocycles. The fourth-order valence-electron chi connectivity index (χ4n) is 12.3. The number of carbonyl (C=O) groups is 1. The lowest BCUT2D eigenvalue weighted by Crippen LogP contribution is -2.53. The molecule has 0 aromatic rings. The zero-order valence-electron chi connectivity index (χ0n) is 32.9. The van der Waals surface area contributed by atoms with Gasteiger partial charge in [-0.15, -0.1) is 0 Å². The monoisotopic (exact) mass is 671 g/mol. The maximum Gasteiger partial charge on any atom is 0.334 e. The second-order valence-corrected chi connectivity index (χ2v) is 18.7. The summed E-state index contributed by atoms with van der Waals surface area (Å²) in [4.78, 5) is 12.5.